The Hall–Kier alpha value is -1.59. The van der Waals surface area contributed by atoms with Gasteiger partial charge in [-0.2, -0.15) is 0 Å². The number of halogens is 1. The highest BCUT2D eigenvalue weighted by atomic mass is 35.5. The minimum Gasteiger partial charge on any atom is -0.366 e. The van der Waals surface area contributed by atoms with Crippen LogP contribution in [0.4, 0.5) is 0 Å². The van der Waals surface area contributed by atoms with Gasteiger partial charge in [0.1, 0.15) is 0 Å². The molecule has 6 heteroatoms. The summed E-state index contributed by atoms with van der Waals surface area (Å²) in [6.45, 7) is 1.65. The van der Waals surface area contributed by atoms with Crippen LogP contribution in [-0.4, -0.2) is 18.9 Å². The molecule has 3 N–H and O–H groups in total. The van der Waals surface area contributed by atoms with Gasteiger partial charge in [-0.25, -0.2) is 5.48 Å². The largest absolute Gasteiger partial charge is 0.366 e. The molecular weight excluding hydrogens is 232 g/mol. The first-order valence-electron chi connectivity index (χ1n) is 4.40. The summed E-state index contributed by atoms with van der Waals surface area (Å²) in [4.78, 5) is 27.3. The van der Waals surface area contributed by atoms with E-state index in [9.17, 15) is 9.59 Å². The molecule has 0 unspecified atom stereocenters. The second kappa shape index (κ2) is 4.96. The number of carbonyl (C=O) groups is 2. The Balaban J connectivity index is 3.35. The number of carbonyl (C=O) groups excluding carboxylic acids is 2. The van der Waals surface area contributed by atoms with Gasteiger partial charge in [0.15, 0.2) is 0 Å². The molecule has 0 atom stereocenters. The van der Waals surface area contributed by atoms with E-state index >= 15 is 0 Å². The van der Waals surface area contributed by atoms with E-state index in [2.05, 4.69) is 10.3 Å². The Morgan fingerprint density at radius 3 is 2.56 bits per heavy atom. The lowest BCUT2D eigenvalue weighted by Gasteiger charge is -2.09. The molecule has 0 bridgehead atoms. The smallest absolute Gasteiger partial charge is 0.275 e. The Morgan fingerprint density at radius 2 is 2.06 bits per heavy atom. The van der Waals surface area contributed by atoms with E-state index in [1.807, 2.05) is 0 Å². The SMILES string of the molecule is CONC(=O)c1cc(Cl)cc(C)c1C(N)=O. The zero-order valence-corrected chi connectivity index (χ0v) is 9.59. The lowest BCUT2D eigenvalue weighted by Crippen LogP contribution is -2.26. The summed E-state index contributed by atoms with van der Waals surface area (Å²) < 4.78 is 0. The fourth-order valence-electron chi connectivity index (χ4n) is 1.40. The molecule has 2 amide bonds. The standard InChI is InChI=1S/C10H11ClN2O3/c1-5-3-6(11)4-7(8(5)9(12)14)10(15)13-16-2/h3-4H,1-2H3,(H2,12,14)(H,13,15). The van der Waals surface area contributed by atoms with Gasteiger partial charge in [-0.3, -0.25) is 14.4 Å². The van der Waals surface area contributed by atoms with Crippen LogP contribution in [0.25, 0.3) is 0 Å². The normalized spacial score (nSPS) is 9.94. The summed E-state index contributed by atoms with van der Waals surface area (Å²) >= 11 is 5.80. The van der Waals surface area contributed by atoms with Crippen LogP contribution < -0.4 is 11.2 Å². The lowest BCUT2D eigenvalue weighted by atomic mass is 10.0. The van der Waals surface area contributed by atoms with E-state index in [1.54, 1.807) is 13.0 Å². The summed E-state index contributed by atoms with van der Waals surface area (Å²) in [7, 11) is 1.29. The van der Waals surface area contributed by atoms with Crippen LogP contribution in [-0.2, 0) is 4.84 Å². The predicted octanol–water partition coefficient (Wildman–Crippen LogP) is 1.04. The topological polar surface area (TPSA) is 81.4 Å². The van der Waals surface area contributed by atoms with Crippen molar-refractivity contribution in [2.75, 3.05) is 7.11 Å². The predicted molar refractivity (Wildman–Crippen MR) is 59.2 cm³/mol. The fourth-order valence-corrected chi connectivity index (χ4v) is 1.67. The first-order chi connectivity index (χ1) is 7.47. The summed E-state index contributed by atoms with van der Waals surface area (Å²) in [5.74, 6) is -1.25. The maximum atomic E-state index is 11.6. The molecule has 0 aliphatic carbocycles. The molecule has 0 saturated heterocycles. The Bertz CT molecular complexity index is 446. The number of benzene rings is 1. The molecule has 16 heavy (non-hydrogen) atoms. The van der Waals surface area contributed by atoms with Gasteiger partial charge in [0.2, 0.25) is 5.91 Å². The number of nitrogens with one attached hydrogen (secondary N) is 1. The van der Waals surface area contributed by atoms with Gasteiger partial charge in [-0.15, -0.1) is 0 Å². The first-order valence-corrected chi connectivity index (χ1v) is 4.78. The van der Waals surface area contributed by atoms with Crippen LogP contribution in [0.5, 0.6) is 0 Å². The molecule has 0 aliphatic heterocycles. The quantitative estimate of drug-likeness (QED) is 0.777. The molecule has 0 heterocycles. The average molecular weight is 243 g/mol. The number of amides is 2. The molecule has 86 valence electrons. The molecule has 1 rings (SSSR count). The zero-order chi connectivity index (χ0) is 12.3. The summed E-state index contributed by atoms with van der Waals surface area (Å²) in [6, 6.07) is 2.92. The van der Waals surface area contributed by atoms with Crippen LogP contribution in [0.1, 0.15) is 26.3 Å². The van der Waals surface area contributed by atoms with E-state index in [4.69, 9.17) is 17.3 Å². The summed E-state index contributed by atoms with van der Waals surface area (Å²) in [6.07, 6.45) is 0. The third kappa shape index (κ3) is 2.50. The van der Waals surface area contributed by atoms with Crippen molar-refractivity contribution in [1.29, 1.82) is 0 Å². The van der Waals surface area contributed by atoms with E-state index in [1.165, 1.54) is 13.2 Å². The number of hydrogen-bond donors (Lipinski definition) is 2. The molecule has 1 aromatic rings. The van der Waals surface area contributed by atoms with E-state index in [0.717, 1.165) is 0 Å². The highest BCUT2D eigenvalue weighted by Gasteiger charge is 2.18. The highest BCUT2D eigenvalue weighted by molar-refractivity contribution is 6.31. The number of nitrogens with two attached hydrogens (primary N) is 1. The van der Waals surface area contributed by atoms with Crippen molar-refractivity contribution < 1.29 is 14.4 Å². The van der Waals surface area contributed by atoms with Crippen LogP contribution in [0.2, 0.25) is 5.02 Å². The molecule has 0 spiro atoms. The van der Waals surface area contributed by atoms with E-state index < -0.39 is 11.8 Å². The number of hydroxylamine groups is 1. The number of aryl methyl sites for hydroxylation is 1. The minimum absolute atomic E-state index is 0.0966. The van der Waals surface area contributed by atoms with Crippen molar-refractivity contribution in [2.24, 2.45) is 5.73 Å². The maximum Gasteiger partial charge on any atom is 0.275 e. The van der Waals surface area contributed by atoms with Gasteiger partial charge >= 0.3 is 0 Å². The summed E-state index contributed by atoms with van der Waals surface area (Å²) in [5.41, 5.74) is 8.08. The van der Waals surface area contributed by atoms with Gasteiger partial charge in [-0.05, 0) is 24.6 Å². The molecule has 5 nitrogen and oxygen atoms in total. The molecular formula is C10H11ClN2O3. The van der Waals surface area contributed by atoms with Crippen LogP contribution in [0.3, 0.4) is 0 Å². The second-order valence-corrected chi connectivity index (χ2v) is 3.58. The average Bonchev–Trinajstić information content (AvgIpc) is 2.15. The second-order valence-electron chi connectivity index (χ2n) is 3.14. The third-order valence-electron chi connectivity index (χ3n) is 1.99. The van der Waals surface area contributed by atoms with Crippen LogP contribution >= 0.6 is 11.6 Å². The number of hydrogen-bond acceptors (Lipinski definition) is 3. The molecule has 0 radical (unpaired) electrons. The molecule has 0 aromatic heterocycles. The number of rotatable bonds is 3. The van der Waals surface area contributed by atoms with Crippen molar-refractivity contribution in [2.45, 2.75) is 6.92 Å². The van der Waals surface area contributed by atoms with E-state index in [-0.39, 0.29) is 11.1 Å². The maximum absolute atomic E-state index is 11.6. The van der Waals surface area contributed by atoms with Crippen LogP contribution in [0.15, 0.2) is 12.1 Å². The Kier molecular flexibility index (Phi) is 3.87. The molecule has 0 saturated carbocycles. The highest BCUT2D eigenvalue weighted by Crippen LogP contribution is 2.20. The van der Waals surface area contributed by atoms with Crippen molar-refractivity contribution in [1.82, 2.24) is 5.48 Å². The Morgan fingerprint density at radius 1 is 1.44 bits per heavy atom. The van der Waals surface area contributed by atoms with Crippen LogP contribution in [0, 0.1) is 6.92 Å². The molecule has 0 fully saturated rings. The summed E-state index contributed by atoms with van der Waals surface area (Å²) in [5, 5.41) is 0.351. The monoisotopic (exact) mass is 242 g/mol. The fraction of sp³-hybridized carbons (Fsp3) is 0.200. The lowest BCUT2D eigenvalue weighted by molar-refractivity contribution is 0.0535. The minimum atomic E-state index is -0.685. The zero-order valence-electron chi connectivity index (χ0n) is 8.83. The first kappa shape index (κ1) is 12.5. The van der Waals surface area contributed by atoms with Gasteiger partial charge in [-0.1, -0.05) is 11.6 Å². The van der Waals surface area contributed by atoms with Gasteiger partial charge in [0.25, 0.3) is 5.91 Å². The van der Waals surface area contributed by atoms with Gasteiger partial charge in [0.05, 0.1) is 18.2 Å². The molecule has 0 aliphatic rings. The number of primary amides is 1. The Labute approximate surface area is 97.5 Å². The third-order valence-corrected chi connectivity index (χ3v) is 2.20. The van der Waals surface area contributed by atoms with Crippen molar-refractivity contribution in [3.63, 3.8) is 0 Å². The van der Waals surface area contributed by atoms with E-state index in [0.29, 0.717) is 10.6 Å². The molecule has 1 aromatic carbocycles. The van der Waals surface area contributed by atoms with Crippen molar-refractivity contribution in [3.8, 4) is 0 Å². The van der Waals surface area contributed by atoms with Gasteiger partial charge < -0.3 is 5.73 Å². The van der Waals surface area contributed by atoms with Crippen molar-refractivity contribution in [3.05, 3.63) is 33.8 Å². The van der Waals surface area contributed by atoms with Gasteiger partial charge in [0, 0.05) is 5.02 Å². The van der Waals surface area contributed by atoms with Crippen molar-refractivity contribution >= 4 is 23.4 Å².